The Morgan fingerprint density at radius 3 is 2.91 bits per heavy atom. The predicted octanol–water partition coefficient (Wildman–Crippen LogP) is 3.65. The smallest absolute Gasteiger partial charge is 0.137 e. The molecule has 1 atom stereocenters. The fraction of sp³-hybridized carbons (Fsp3) is 0.235. The lowest BCUT2D eigenvalue weighted by Gasteiger charge is -2.29. The van der Waals surface area contributed by atoms with Crippen molar-refractivity contribution in [3.05, 3.63) is 59.6 Å². The van der Waals surface area contributed by atoms with Crippen molar-refractivity contribution in [1.29, 1.82) is 0 Å². The fourth-order valence-electron chi connectivity index (χ4n) is 2.41. The summed E-state index contributed by atoms with van der Waals surface area (Å²) in [5.41, 5.74) is 1.27. The lowest BCUT2D eigenvalue weighted by atomic mass is 9.95. The molecule has 6 heteroatoms. The third-order valence-electron chi connectivity index (χ3n) is 3.92. The molecule has 1 unspecified atom stereocenters. The number of methoxy groups -OCH3 is 1. The molecular weight excluding hydrogens is 312 g/mol. The van der Waals surface area contributed by atoms with E-state index in [1.54, 1.807) is 19.5 Å². The van der Waals surface area contributed by atoms with Gasteiger partial charge in [-0.15, -0.1) is 0 Å². The van der Waals surface area contributed by atoms with E-state index in [4.69, 9.17) is 16.3 Å². The number of anilines is 1. The summed E-state index contributed by atoms with van der Waals surface area (Å²) in [6.07, 6.45) is 4.97. The molecular formula is C17H17ClN4O. The van der Waals surface area contributed by atoms with Crippen molar-refractivity contribution in [2.45, 2.75) is 12.5 Å². The third kappa shape index (κ3) is 3.25. The lowest BCUT2D eigenvalue weighted by molar-refractivity contribution is 0.0138. The van der Waals surface area contributed by atoms with Gasteiger partial charge in [-0.2, -0.15) is 0 Å². The van der Waals surface area contributed by atoms with E-state index in [9.17, 15) is 0 Å². The molecule has 1 aromatic carbocycles. The number of benzene rings is 1. The van der Waals surface area contributed by atoms with Crippen LogP contribution in [0.5, 0.6) is 0 Å². The molecule has 0 fully saturated rings. The summed E-state index contributed by atoms with van der Waals surface area (Å²) in [6, 6.07) is 9.56. The molecule has 5 nitrogen and oxygen atoms in total. The van der Waals surface area contributed by atoms with Crippen LogP contribution in [-0.2, 0) is 10.3 Å². The molecule has 0 saturated heterocycles. The number of halogens is 1. The first kappa shape index (κ1) is 15.6. The van der Waals surface area contributed by atoms with Gasteiger partial charge in [-0.1, -0.05) is 23.7 Å². The molecule has 23 heavy (non-hydrogen) atoms. The minimum atomic E-state index is -0.533. The SMILES string of the molecule is COC(C)(CNc1ncnc2cnccc12)c1cccc(Cl)c1. The Hall–Kier alpha value is -2.24. The second-order valence-corrected chi connectivity index (χ2v) is 5.85. The van der Waals surface area contributed by atoms with E-state index in [1.807, 2.05) is 37.3 Å². The number of nitrogens with zero attached hydrogens (tertiary/aromatic N) is 3. The van der Waals surface area contributed by atoms with Crippen molar-refractivity contribution < 1.29 is 4.74 Å². The van der Waals surface area contributed by atoms with E-state index >= 15 is 0 Å². The highest BCUT2D eigenvalue weighted by molar-refractivity contribution is 6.30. The van der Waals surface area contributed by atoms with Crippen LogP contribution in [0.2, 0.25) is 5.02 Å². The van der Waals surface area contributed by atoms with Crippen molar-refractivity contribution in [3.8, 4) is 0 Å². The molecule has 2 heterocycles. The van der Waals surface area contributed by atoms with Gasteiger partial charge >= 0.3 is 0 Å². The Kier molecular flexibility index (Phi) is 4.41. The molecule has 0 aliphatic carbocycles. The Morgan fingerprint density at radius 2 is 2.13 bits per heavy atom. The zero-order valence-corrected chi connectivity index (χ0v) is 13.7. The van der Waals surface area contributed by atoms with Gasteiger partial charge in [0.2, 0.25) is 0 Å². The van der Waals surface area contributed by atoms with Gasteiger partial charge in [0.05, 0.1) is 11.7 Å². The monoisotopic (exact) mass is 328 g/mol. The van der Waals surface area contributed by atoms with E-state index in [1.165, 1.54) is 6.33 Å². The molecule has 2 aromatic heterocycles. The highest BCUT2D eigenvalue weighted by Crippen LogP contribution is 2.28. The number of rotatable bonds is 5. The predicted molar refractivity (Wildman–Crippen MR) is 91.6 cm³/mol. The van der Waals surface area contributed by atoms with Crippen molar-refractivity contribution in [1.82, 2.24) is 15.0 Å². The maximum Gasteiger partial charge on any atom is 0.137 e. The van der Waals surface area contributed by atoms with Crippen LogP contribution in [0.3, 0.4) is 0 Å². The molecule has 0 aliphatic rings. The summed E-state index contributed by atoms with van der Waals surface area (Å²) in [5, 5.41) is 4.96. The number of fused-ring (bicyclic) bond motifs is 1. The van der Waals surface area contributed by atoms with E-state index in [0.29, 0.717) is 11.6 Å². The zero-order valence-electron chi connectivity index (χ0n) is 13.0. The van der Waals surface area contributed by atoms with Gasteiger partial charge in [-0.25, -0.2) is 9.97 Å². The molecule has 0 aliphatic heterocycles. The van der Waals surface area contributed by atoms with Crippen LogP contribution in [0.1, 0.15) is 12.5 Å². The molecule has 1 N–H and O–H groups in total. The maximum atomic E-state index is 6.10. The number of pyridine rings is 1. The summed E-state index contributed by atoms with van der Waals surface area (Å²) in [4.78, 5) is 12.6. The number of hydrogen-bond donors (Lipinski definition) is 1. The Balaban J connectivity index is 1.87. The summed E-state index contributed by atoms with van der Waals surface area (Å²) in [6.45, 7) is 2.55. The van der Waals surface area contributed by atoms with Crippen LogP contribution in [0.4, 0.5) is 5.82 Å². The lowest BCUT2D eigenvalue weighted by Crippen LogP contribution is -2.33. The van der Waals surface area contributed by atoms with Gasteiger partial charge in [-0.05, 0) is 30.7 Å². The Bertz CT molecular complexity index is 821. The number of hydrogen-bond acceptors (Lipinski definition) is 5. The molecule has 0 saturated carbocycles. The van der Waals surface area contributed by atoms with Crippen molar-refractivity contribution in [2.75, 3.05) is 19.0 Å². The third-order valence-corrected chi connectivity index (χ3v) is 4.15. The summed E-state index contributed by atoms with van der Waals surface area (Å²) < 4.78 is 5.74. The van der Waals surface area contributed by atoms with Gasteiger partial charge in [0, 0.05) is 30.3 Å². The number of nitrogens with one attached hydrogen (secondary N) is 1. The normalized spacial score (nSPS) is 13.7. The Labute approximate surface area is 139 Å². The highest BCUT2D eigenvalue weighted by Gasteiger charge is 2.26. The van der Waals surface area contributed by atoms with Gasteiger partial charge in [-0.3, -0.25) is 4.98 Å². The van der Waals surface area contributed by atoms with Crippen molar-refractivity contribution >= 4 is 28.3 Å². The van der Waals surface area contributed by atoms with Gasteiger partial charge in [0.25, 0.3) is 0 Å². The van der Waals surface area contributed by atoms with E-state index in [0.717, 1.165) is 22.3 Å². The van der Waals surface area contributed by atoms with Crippen LogP contribution >= 0.6 is 11.6 Å². The van der Waals surface area contributed by atoms with Crippen LogP contribution < -0.4 is 5.32 Å². The first-order valence-electron chi connectivity index (χ1n) is 7.22. The Morgan fingerprint density at radius 1 is 1.26 bits per heavy atom. The number of aromatic nitrogens is 3. The second-order valence-electron chi connectivity index (χ2n) is 5.41. The fourth-order valence-corrected chi connectivity index (χ4v) is 2.60. The van der Waals surface area contributed by atoms with E-state index in [-0.39, 0.29) is 0 Å². The quantitative estimate of drug-likeness (QED) is 0.774. The average molecular weight is 329 g/mol. The largest absolute Gasteiger partial charge is 0.372 e. The van der Waals surface area contributed by atoms with Crippen LogP contribution in [0.25, 0.3) is 10.9 Å². The molecule has 0 amide bonds. The van der Waals surface area contributed by atoms with Gasteiger partial charge in [0.15, 0.2) is 0 Å². The van der Waals surface area contributed by atoms with Crippen LogP contribution in [0.15, 0.2) is 49.1 Å². The molecule has 3 rings (SSSR count). The zero-order chi connectivity index (χ0) is 16.3. The van der Waals surface area contributed by atoms with Gasteiger partial charge < -0.3 is 10.1 Å². The maximum absolute atomic E-state index is 6.10. The summed E-state index contributed by atoms with van der Waals surface area (Å²) in [5.74, 6) is 0.753. The molecule has 118 valence electrons. The topological polar surface area (TPSA) is 59.9 Å². The minimum absolute atomic E-state index is 0.533. The minimum Gasteiger partial charge on any atom is -0.372 e. The van der Waals surface area contributed by atoms with Crippen LogP contribution in [-0.4, -0.2) is 28.6 Å². The second kappa shape index (κ2) is 6.48. The van der Waals surface area contributed by atoms with Gasteiger partial charge in [0.1, 0.15) is 17.7 Å². The molecule has 0 radical (unpaired) electrons. The van der Waals surface area contributed by atoms with Crippen molar-refractivity contribution in [2.24, 2.45) is 0 Å². The summed E-state index contributed by atoms with van der Waals surface area (Å²) >= 11 is 6.10. The van der Waals surface area contributed by atoms with Crippen LogP contribution in [0, 0.1) is 0 Å². The summed E-state index contributed by atoms with van der Waals surface area (Å²) in [7, 11) is 1.69. The molecule has 3 aromatic rings. The molecule has 0 spiro atoms. The van der Waals surface area contributed by atoms with Crippen molar-refractivity contribution in [3.63, 3.8) is 0 Å². The molecule has 0 bridgehead atoms. The van der Waals surface area contributed by atoms with E-state index in [2.05, 4.69) is 20.3 Å². The number of ether oxygens (including phenoxy) is 1. The first-order valence-corrected chi connectivity index (χ1v) is 7.60. The average Bonchev–Trinajstić information content (AvgIpc) is 2.59. The standard InChI is InChI=1S/C17H17ClN4O/c1-17(23-2,12-4-3-5-13(18)8-12)10-20-16-14-6-7-19-9-15(14)21-11-22-16/h3-9,11H,10H2,1-2H3,(H,20,21,22). The first-order chi connectivity index (χ1) is 11.1. The highest BCUT2D eigenvalue weighted by atomic mass is 35.5. The van der Waals surface area contributed by atoms with E-state index < -0.39 is 5.60 Å².